The highest BCUT2D eigenvalue weighted by molar-refractivity contribution is 9.10. The molecular formula is C17H18BrNO. The van der Waals surface area contributed by atoms with Gasteiger partial charge in [-0.2, -0.15) is 0 Å². The zero-order valence-corrected chi connectivity index (χ0v) is 13.1. The van der Waals surface area contributed by atoms with Crippen LogP contribution in [0, 0.1) is 6.92 Å². The molecule has 3 rings (SSSR count). The van der Waals surface area contributed by atoms with Crippen molar-refractivity contribution in [2.75, 3.05) is 18.0 Å². The first kappa shape index (κ1) is 13.5. The Morgan fingerprint density at radius 3 is 2.70 bits per heavy atom. The molecule has 104 valence electrons. The minimum Gasteiger partial charge on any atom is -0.489 e. The van der Waals surface area contributed by atoms with Crippen molar-refractivity contribution < 1.29 is 4.74 Å². The maximum Gasteiger partial charge on any atom is 0.119 e. The summed E-state index contributed by atoms with van der Waals surface area (Å²) in [5, 5.41) is 0. The maximum absolute atomic E-state index is 6.05. The van der Waals surface area contributed by atoms with Crippen LogP contribution in [-0.2, 0) is 0 Å². The second kappa shape index (κ2) is 5.88. The van der Waals surface area contributed by atoms with Gasteiger partial charge in [-0.1, -0.05) is 28.1 Å². The lowest BCUT2D eigenvalue weighted by atomic mass is 10.2. The van der Waals surface area contributed by atoms with E-state index >= 15 is 0 Å². The quantitative estimate of drug-likeness (QED) is 0.825. The Kier molecular flexibility index (Phi) is 3.97. The number of anilines is 1. The Labute approximate surface area is 128 Å². The van der Waals surface area contributed by atoms with Crippen molar-refractivity contribution in [2.24, 2.45) is 0 Å². The molecule has 0 spiro atoms. The van der Waals surface area contributed by atoms with Gasteiger partial charge in [-0.25, -0.2) is 0 Å². The number of halogens is 1. The lowest BCUT2D eigenvalue weighted by Gasteiger charge is -2.19. The molecule has 0 amide bonds. The Morgan fingerprint density at radius 2 is 1.95 bits per heavy atom. The molecule has 2 aromatic carbocycles. The molecular weight excluding hydrogens is 314 g/mol. The molecule has 3 heteroatoms. The predicted molar refractivity (Wildman–Crippen MR) is 86.6 cm³/mol. The zero-order valence-electron chi connectivity index (χ0n) is 11.6. The van der Waals surface area contributed by atoms with Gasteiger partial charge in [0, 0.05) is 23.1 Å². The van der Waals surface area contributed by atoms with E-state index < -0.39 is 0 Å². The number of benzene rings is 2. The third kappa shape index (κ3) is 3.15. The van der Waals surface area contributed by atoms with Crippen LogP contribution >= 0.6 is 15.9 Å². The Balaban J connectivity index is 1.63. The molecule has 2 nitrogen and oxygen atoms in total. The van der Waals surface area contributed by atoms with Crippen LogP contribution in [0.1, 0.15) is 12.0 Å². The van der Waals surface area contributed by atoms with E-state index in [2.05, 4.69) is 52.0 Å². The average Bonchev–Trinajstić information content (AvgIpc) is 2.90. The van der Waals surface area contributed by atoms with Gasteiger partial charge in [0.25, 0.3) is 0 Å². The molecule has 1 heterocycles. The summed E-state index contributed by atoms with van der Waals surface area (Å²) in [7, 11) is 0. The molecule has 1 atom stereocenters. The van der Waals surface area contributed by atoms with Gasteiger partial charge in [0.15, 0.2) is 0 Å². The summed E-state index contributed by atoms with van der Waals surface area (Å²) in [6, 6.07) is 16.7. The Hall–Kier alpha value is -1.48. The highest BCUT2D eigenvalue weighted by atomic mass is 79.9. The number of ether oxygens (including phenoxy) is 1. The van der Waals surface area contributed by atoms with Gasteiger partial charge in [-0.15, -0.1) is 0 Å². The lowest BCUT2D eigenvalue weighted by molar-refractivity contribution is 0.225. The van der Waals surface area contributed by atoms with E-state index in [9.17, 15) is 0 Å². The number of rotatable bonds is 3. The van der Waals surface area contributed by atoms with Crippen LogP contribution in [0.25, 0.3) is 0 Å². The number of hydrogen-bond donors (Lipinski definition) is 0. The largest absolute Gasteiger partial charge is 0.489 e. The number of hydrogen-bond acceptors (Lipinski definition) is 2. The smallest absolute Gasteiger partial charge is 0.119 e. The van der Waals surface area contributed by atoms with Gasteiger partial charge in [0.1, 0.15) is 11.9 Å². The minimum atomic E-state index is 0.275. The van der Waals surface area contributed by atoms with Crippen LogP contribution in [-0.4, -0.2) is 19.2 Å². The number of aryl methyl sites for hydroxylation is 1. The standard InChI is InChI=1S/C17H18BrNO/c1-13-3-2-4-15(11-13)19-10-9-17(12-19)20-16-7-5-14(18)6-8-16/h2-8,11,17H,9-10,12H2,1H3. The van der Waals surface area contributed by atoms with Crippen LogP contribution in [0.4, 0.5) is 5.69 Å². The highest BCUT2D eigenvalue weighted by Crippen LogP contribution is 2.25. The van der Waals surface area contributed by atoms with E-state index in [4.69, 9.17) is 4.74 Å². The van der Waals surface area contributed by atoms with E-state index in [-0.39, 0.29) is 6.10 Å². The minimum absolute atomic E-state index is 0.275. The third-order valence-corrected chi connectivity index (χ3v) is 4.16. The second-order valence-corrected chi connectivity index (χ2v) is 6.18. The summed E-state index contributed by atoms with van der Waals surface area (Å²) < 4.78 is 7.13. The van der Waals surface area contributed by atoms with Gasteiger partial charge in [-0.3, -0.25) is 0 Å². The van der Waals surface area contributed by atoms with Crippen LogP contribution < -0.4 is 9.64 Å². The molecule has 1 saturated heterocycles. The number of nitrogens with zero attached hydrogens (tertiary/aromatic N) is 1. The van der Waals surface area contributed by atoms with E-state index in [1.165, 1.54) is 11.3 Å². The summed E-state index contributed by atoms with van der Waals surface area (Å²) in [4.78, 5) is 2.40. The molecule has 1 unspecified atom stereocenters. The SMILES string of the molecule is Cc1cccc(N2CCC(Oc3ccc(Br)cc3)C2)c1. The van der Waals surface area contributed by atoms with Crippen molar-refractivity contribution in [3.63, 3.8) is 0 Å². The van der Waals surface area contributed by atoms with Crippen LogP contribution in [0.5, 0.6) is 5.75 Å². The van der Waals surface area contributed by atoms with Gasteiger partial charge in [0.05, 0.1) is 6.54 Å². The highest BCUT2D eigenvalue weighted by Gasteiger charge is 2.24. The maximum atomic E-state index is 6.05. The third-order valence-electron chi connectivity index (χ3n) is 3.63. The van der Waals surface area contributed by atoms with E-state index in [1.54, 1.807) is 0 Å². The summed E-state index contributed by atoms with van der Waals surface area (Å²) in [6.45, 7) is 4.15. The molecule has 0 aliphatic carbocycles. The summed E-state index contributed by atoms with van der Waals surface area (Å²) in [5.74, 6) is 0.948. The summed E-state index contributed by atoms with van der Waals surface area (Å²) >= 11 is 3.44. The molecule has 1 aliphatic rings. The van der Waals surface area contributed by atoms with Crippen LogP contribution in [0.3, 0.4) is 0 Å². The van der Waals surface area contributed by atoms with Crippen LogP contribution in [0.15, 0.2) is 53.0 Å². The van der Waals surface area contributed by atoms with Crippen molar-refractivity contribution in [3.8, 4) is 5.75 Å². The molecule has 2 aromatic rings. The fraction of sp³-hybridized carbons (Fsp3) is 0.294. The average molecular weight is 332 g/mol. The van der Waals surface area contributed by atoms with Crippen molar-refractivity contribution in [3.05, 3.63) is 58.6 Å². The van der Waals surface area contributed by atoms with Gasteiger partial charge < -0.3 is 9.64 Å². The molecule has 0 bridgehead atoms. The topological polar surface area (TPSA) is 12.5 Å². The first-order valence-electron chi connectivity index (χ1n) is 6.94. The Bertz CT molecular complexity index is 582. The van der Waals surface area contributed by atoms with Gasteiger partial charge in [0.2, 0.25) is 0 Å². The van der Waals surface area contributed by atoms with Crippen molar-refractivity contribution >= 4 is 21.6 Å². The van der Waals surface area contributed by atoms with E-state index in [0.717, 1.165) is 29.7 Å². The predicted octanol–water partition coefficient (Wildman–Crippen LogP) is 4.42. The van der Waals surface area contributed by atoms with Crippen molar-refractivity contribution in [2.45, 2.75) is 19.4 Å². The molecule has 1 aliphatic heterocycles. The van der Waals surface area contributed by atoms with E-state index in [0.29, 0.717) is 0 Å². The monoisotopic (exact) mass is 331 g/mol. The molecule has 0 radical (unpaired) electrons. The molecule has 0 aromatic heterocycles. The second-order valence-electron chi connectivity index (χ2n) is 5.27. The molecule has 0 N–H and O–H groups in total. The molecule has 0 saturated carbocycles. The van der Waals surface area contributed by atoms with Crippen molar-refractivity contribution in [1.82, 2.24) is 0 Å². The molecule has 1 fully saturated rings. The van der Waals surface area contributed by atoms with Crippen molar-refractivity contribution in [1.29, 1.82) is 0 Å². The lowest BCUT2D eigenvalue weighted by Crippen LogP contribution is -2.24. The summed E-state index contributed by atoms with van der Waals surface area (Å²) in [5.41, 5.74) is 2.60. The molecule has 20 heavy (non-hydrogen) atoms. The fourth-order valence-electron chi connectivity index (χ4n) is 2.59. The van der Waals surface area contributed by atoms with E-state index in [1.807, 2.05) is 24.3 Å². The fourth-order valence-corrected chi connectivity index (χ4v) is 2.85. The van der Waals surface area contributed by atoms with Crippen LogP contribution in [0.2, 0.25) is 0 Å². The normalized spacial score (nSPS) is 18.3. The zero-order chi connectivity index (χ0) is 13.9. The first-order chi connectivity index (χ1) is 9.70. The van der Waals surface area contributed by atoms with Gasteiger partial charge in [-0.05, 0) is 48.9 Å². The summed E-state index contributed by atoms with van der Waals surface area (Å²) in [6.07, 6.45) is 1.35. The van der Waals surface area contributed by atoms with Gasteiger partial charge >= 0.3 is 0 Å². The Morgan fingerprint density at radius 1 is 1.15 bits per heavy atom. The first-order valence-corrected chi connectivity index (χ1v) is 7.74.